The van der Waals surface area contributed by atoms with Crippen LogP contribution in [0.1, 0.15) is 13.3 Å². The van der Waals surface area contributed by atoms with E-state index in [1.54, 1.807) is 0 Å². The Morgan fingerprint density at radius 3 is 2.23 bits per heavy atom. The molecule has 0 aromatic heterocycles. The zero-order chi connectivity index (χ0) is 10.0. The summed E-state index contributed by atoms with van der Waals surface area (Å²) in [5.41, 5.74) is 0. The fourth-order valence-electron chi connectivity index (χ4n) is 1.45. The van der Waals surface area contributed by atoms with Crippen LogP contribution in [0.15, 0.2) is 0 Å². The van der Waals surface area contributed by atoms with E-state index in [4.69, 9.17) is 9.47 Å². The van der Waals surface area contributed by atoms with Crippen molar-refractivity contribution in [2.45, 2.75) is 44.1 Å². The molecule has 1 aliphatic heterocycles. The fraction of sp³-hybridized carbons (Fsp3) is 1.00. The monoisotopic (exact) mass is 192 g/mol. The van der Waals surface area contributed by atoms with Crippen LogP contribution in [-0.4, -0.2) is 53.1 Å². The van der Waals surface area contributed by atoms with Crippen molar-refractivity contribution in [2.24, 2.45) is 0 Å². The van der Waals surface area contributed by atoms with Gasteiger partial charge in [-0.2, -0.15) is 0 Å². The lowest BCUT2D eigenvalue weighted by atomic mass is 9.97. The average Bonchev–Trinajstić information content (AvgIpc) is 2.15. The Morgan fingerprint density at radius 2 is 1.77 bits per heavy atom. The lowest BCUT2D eigenvalue weighted by molar-refractivity contribution is -0.290. The van der Waals surface area contributed by atoms with Gasteiger partial charge in [-0.15, -0.1) is 0 Å². The van der Waals surface area contributed by atoms with Crippen molar-refractivity contribution in [3.05, 3.63) is 0 Å². The summed E-state index contributed by atoms with van der Waals surface area (Å²) in [6.07, 6.45) is -4.23. The van der Waals surface area contributed by atoms with E-state index >= 15 is 0 Å². The Balaban J connectivity index is 2.66. The number of methoxy groups -OCH3 is 1. The van der Waals surface area contributed by atoms with E-state index in [1.807, 2.05) is 6.92 Å². The van der Waals surface area contributed by atoms with E-state index in [1.165, 1.54) is 7.11 Å². The standard InChI is InChI=1S/C8H16O5/c1-3-4-5(9)6(10)7(11)8(12-2)13-4/h4-11H,3H2,1-2H3. The maximum absolute atomic E-state index is 9.43. The molecule has 0 radical (unpaired) electrons. The van der Waals surface area contributed by atoms with Crippen LogP contribution in [0, 0.1) is 0 Å². The summed E-state index contributed by atoms with van der Waals surface area (Å²) in [5, 5.41) is 28.2. The Kier molecular flexibility index (Phi) is 3.63. The first kappa shape index (κ1) is 10.9. The second-order valence-corrected chi connectivity index (χ2v) is 3.16. The van der Waals surface area contributed by atoms with Gasteiger partial charge < -0.3 is 24.8 Å². The maximum Gasteiger partial charge on any atom is 0.186 e. The molecule has 78 valence electrons. The van der Waals surface area contributed by atoms with E-state index < -0.39 is 30.7 Å². The molecule has 0 spiro atoms. The lowest BCUT2D eigenvalue weighted by Gasteiger charge is -2.39. The van der Waals surface area contributed by atoms with Gasteiger partial charge in [0, 0.05) is 7.11 Å². The molecule has 0 bridgehead atoms. The van der Waals surface area contributed by atoms with Crippen LogP contribution in [0.25, 0.3) is 0 Å². The fourth-order valence-corrected chi connectivity index (χ4v) is 1.45. The van der Waals surface area contributed by atoms with Gasteiger partial charge in [-0.25, -0.2) is 0 Å². The van der Waals surface area contributed by atoms with Crippen molar-refractivity contribution >= 4 is 0 Å². The third-order valence-electron chi connectivity index (χ3n) is 2.30. The summed E-state index contributed by atoms with van der Waals surface area (Å²) in [6, 6.07) is 0. The van der Waals surface area contributed by atoms with Gasteiger partial charge in [0.05, 0.1) is 6.10 Å². The second kappa shape index (κ2) is 4.34. The van der Waals surface area contributed by atoms with Crippen LogP contribution in [0.4, 0.5) is 0 Å². The van der Waals surface area contributed by atoms with Crippen LogP contribution < -0.4 is 0 Å². The first-order valence-electron chi connectivity index (χ1n) is 4.34. The first-order valence-corrected chi connectivity index (χ1v) is 4.34. The second-order valence-electron chi connectivity index (χ2n) is 3.16. The van der Waals surface area contributed by atoms with Crippen molar-refractivity contribution in [3.8, 4) is 0 Å². The summed E-state index contributed by atoms with van der Waals surface area (Å²) >= 11 is 0. The van der Waals surface area contributed by atoms with Gasteiger partial charge in [0.2, 0.25) is 0 Å². The van der Waals surface area contributed by atoms with E-state index in [9.17, 15) is 15.3 Å². The quantitative estimate of drug-likeness (QED) is 0.515. The molecule has 5 atom stereocenters. The smallest absolute Gasteiger partial charge is 0.186 e. The molecule has 0 aromatic carbocycles. The minimum atomic E-state index is -1.20. The Morgan fingerprint density at radius 1 is 1.15 bits per heavy atom. The van der Waals surface area contributed by atoms with Crippen LogP contribution in [0.5, 0.6) is 0 Å². The van der Waals surface area contributed by atoms with Gasteiger partial charge in [0.1, 0.15) is 18.3 Å². The molecule has 1 rings (SSSR count). The summed E-state index contributed by atoms with van der Waals surface area (Å²) in [7, 11) is 1.38. The third-order valence-corrected chi connectivity index (χ3v) is 2.30. The van der Waals surface area contributed by atoms with Crippen molar-refractivity contribution < 1.29 is 24.8 Å². The highest BCUT2D eigenvalue weighted by atomic mass is 16.7. The zero-order valence-electron chi connectivity index (χ0n) is 7.75. The highest BCUT2D eigenvalue weighted by molar-refractivity contribution is 4.88. The Hall–Kier alpha value is -0.200. The Labute approximate surface area is 76.9 Å². The average molecular weight is 192 g/mol. The van der Waals surface area contributed by atoms with E-state index in [0.717, 1.165) is 0 Å². The maximum atomic E-state index is 9.43. The zero-order valence-corrected chi connectivity index (χ0v) is 7.75. The van der Waals surface area contributed by atoms with Crippen LogP contribution >= 0.6 is 0 Å². The third kappa shape index (κ3) is 2.00. The molecule has 3 N–H and O–H groups in total. The number of hydrogen-bond donors (Lipinski definition) is 3. The van der Waals surface area contributed by atoms with Gasteiger partial charge in [-0.05, 0) is 6.42 Å². The Bertz CT molecular complexity index is 143. The highest BCUT2D eigenvalue weighted by Gasteiger charge is 2.42. The van der Waals surface area contributed by atoms with Gasteiger partial charge >= 0.3 is 0 Å². The molecule has 5 nitrogen and oxygen atoms in total. The minimum absolute atomic E-state index is 0.483. The van der Waals surface area contributed by atoms with Crippen LogP contribution in [-0.2, 0) is 9.47 Å². The molecular formula is C8H16O5. The van der Waals surface area contributed by atoms with Crippen molar-refractivity contribution in [1.82, 2.24) is 0 Å². The summed E-state index contributed by atoms with van der Waals surface area (Å²) in [6.45, 7) is 1.82. The molecule has 0 amide bonds. The predicted octanol–water partition coefficient (Wildman–Crippen LogP) is -1.15. The number of ether oxygens (including phenoxy) is 2. The lowest BCUT2D eigenvalue weighted by Crippen LogP contribution is -2.57. The molecule has 0 saturated carbocycles. The van der Waals surface area contributed by atoms with Crippen molar-refractivity contribution in [3.63, 3.8) is 0 Å². The molecule has 1 saturated heterocycles. The van der Waals surface area contributed by atoms with Gasteiger partial charge in [0.15, 0.2) is 6.29 Å². The molecule has 0 aliphatic carbocycles. The number of rotatable bonds is 2. The molecule has 1 heterocycles. The summed E-state index contributed by atoms with van der Waals surface area (Å²) in [5.74, 6) is 0. The topological polar surface area (TPSA) is 79.2 Å². The van der Waals surface area contributed by atoms with Crippen molar-refractivity contribution in [1.29, 1.82) is 0 Å². The van der Waals surface area contributed by atoms with Gasteiger partial charge in [0.25, 0.3) is 0 Å². The van der Waals surface area contributed by atoms with Gasteiger partial charge in [-0.3, -0.25) is 0 Å². The van der Waals surface area contributed by atoms with E-state index in [2.05, 4.69) is 0 Å². The summed E-state index contributed by atoms with van der Waals surface area (Å²) < 4.78 is 10.0. The SMILES string of the molecule is CCC1OC(OC)C(O)C(O)C1O. The van der Waals surface area contributed by atoms with Crippen molar-refractivity contribution in [2.75, 3.05) is 7.11 Å². The van der Waals surface area contributed by atoms with Gasteiger partial charge in [-0.1, -0.05) is 6.92 Å². The minimum Gasteiger partial charge on any atom is -0.388 e. The number of aliphatic hydroxyl groups excluding tert-OH is 3. The molecular weight excluding hydrogens is 176 g/mol. The normalized spacial score (nSPS) is 46.4. The highest BCUT2D eigenvalue weighted by Crippen LogP contribution is 2.23. The molecule has 1 aliphatic rings. The number of hydrogen-bond acceptors (Lipinski definition) is 5. The van der Waals surface area contributed by atoms with E-state index in [0.29, 0.717) is 6.42 Å². The molecule has 5 heteroatoms. The van der Waals surface area contributed by atoms with Crippen LogP contribution in [0.2, 0.25) is 0 Å². The predicted molar refractivity (Wildman–Crippen MR) is 44.0 cm³/mol. The molecule has 13 heavy (non-hydrogen) atoms. The molecule has 5 unspecified atom stereocenters. The van der Waals surface area contributed by atoms with Crippen LogP contribution in [0.3, 0.4) is 0 Å². The first-order chi connectivity index (χ1) is 6.11. The largest absolute Gasteiger partial charge is 0.388 e. The van der Waals surface area contributed by atoms with E-state index in [-0.39, 0.29) is 0 Å². The number of aliphatic hydroxyl groups is 3. The molecule has 1 fully saturated rings. The summed E-state index contributed by atoms with van der Waals surface area (Å²) in [4.78, 5) is 0. The molecule has 0 aromatic rings.